The number of hydroxylamine groups is 2. The van der Waals surface area contributed by atoms with Gasteiger partial charge in [0, 0.05) is 13.2 Å². The lowest BCUT2D eigenvalue weighted by molar-refractivity contribution is -0.203. The van der Waals surface area contributed by atoms with E-state index in [0.717, 1.165) is 38.5 Å². The van der Waals surface area contributed by atoms with Gasteiger partial charge in [0.15, 0.2) is 0 Å². The minimum atomic E-state index is -0.312. The molecule has 2 atom stereocenters. The fourth-order valence-corrected chi connectivity index (χ4v) is 3.60. The Morgan fingerprint density at radius 3 is 2.77 bits per heavy atom. The fourth-order valence-electron chi connectivity index (χ4n) is 3.60. The van der Waals surface area contributed by atoms with Crippen molar-refractivity contribution in [3.8, 4) is 0 Å². The molecule has 22 heavy (non-hydrogen) atoms. The molecule has 1 saturated carbocycles. The van der Waals surface area contributed by atoms with Crippen molar-refractivity contribution in [2.45, 2.75) is 44.4 Å². The Bertz CT molecular complexity index is 498. The summed E-state index contributed by atoms with van der Waals surface area (Å²) in [6.45, 7) is 1.55. The molecule has 4 heteroatoms. The second-order valence-corrected chi connectivity index (χ2v) is 6.45. The SMILES string of the molecule is O=C(N1CCCCO1)[C@]1(CCCCO)C[C@@H]1c1ccccc1. The predicted octanol–water partition coefficient (Wildman–Crippen LogP) is 2.88. The molecule has 0 bridgehead atoms. The third-order valence-electron chi connectivity index (χ3n) is 4.96. The minimum Gasteiger partial charge on any atom is -0.396 e. The van der Waals surface area contributed by atoms with Crippen LogP contribution >= 0.6 is 0 Å². The molecule has 120 valence electrons. The van der Waals surface area contributed by atoms with Crippen LogP contribution in [0.15, 0.2) is 30.3 Å². The summed E-state index contributed by atoms with van der Waals surface area (Å²) in [6.07, 6.45) is 5.45. The molecule has 0 aromatic heterocycles. The summed E-state index contributed by atoms with van der Waals surface area (Å²) < 4.78 is 0. The van der Waals surface area contributed by atoms with Crippen LogP contribution in [-0.2, 0) is 9.63 Å². The van der Waals surface area contributed by atoms with Gasteiger partial charge in [-0.1, -0.05) is 36.8 Å². The maximum Gasteiger partial charge on any atom is 0.252 e. The number of aliphatic hydroxyl groups is 1. The Morgan fingerprint density at radius 1 is 1.27 bits per heavy atom. The van der Waals surface area contributed by atoms with Gasteiger partial charge in [-0.2, -0.15) is 0 Å². The lowest BCUT2D eigenvalue weighted by Gasteiger charge is -2.30. The lowest BCUT2D eigenvalue weighted by atomic mass is 9.91. The highest BCUT2D eigenvalue weighted by atomic mass is 16.7. The minimum absolute atomic E-state index is 0.152. The number of hydrogen-bond acceptors (Lipinski definition) is 3. The first-order chi connectivity index (χ1) is 10.8. The normalized spacial score (nSPS) is 27.7. The molecule has 1 saturated heterocycles. The molecule has 1 aliphatic heterocycles. The van der Waals surface area contributed by atoms with Crippen LogP contribution in [-0.4, -0.2) is 35.8 Å². The Labute approximate surface area is 132 Å². The third-order valence-corrected chi connectivity index (χ3v) is 4.96. The van der Waals surface area contributed by atoms with Gasteiger partial charge in [-0.05, 0) is 43.6 Å². The van der Waals surface area contributed by atoms with Crippen LogP contribution < -0.4 is 0 Å². The second-order valence-electron chi connectivity index (χ2n) is 6.45. The highest BCUT2D eigenvalue weighted by Crippen LogP contribution is 2.63. The molecule has 1 amide bonds. The first kappa shape index (κ1) is 15.5. The van der Waals surface area contributed by atoms with E-state index in [9.17, 15) is 4.79 Å². The second kappa shape index (κ2) is 6.80. The summed E-state index contributed by atoms with van der Waals surface area (Å²) >= 11 is 0. The van der Waals surface area contributed by atoms with E-state index in [2.05, 4.69) is 12.1 Å². The zero-order chi connectivity index (χ0) is 15.4. The average Bonchev–Trinajstić information content (AvgIpc) is 3.32. The monoisotopic (exact) mass is 303 g/mol. The smallest absolute Gasteiger partial charge is 0.252 e. The predicted molar refractivity (Wildman–Crippen MR) is 84.1 cm³/mol. The molecule has 4 nitrogen and oxygen atoms in total. The van der Waals surface area contributed by atoms with E-state index >= 15 is 0 Å². The molecule has 1 aromatic carbocycles. The van der Waals surface area contributed by atoms with Gasteiger partial charge in [0.2, 0.25) is 0 Å². The van der Waals surface area contributed by atoms with Crippen LogP contribution in [0, 0.1) is 5.41 Å². The standard InChI is InChI=1S/C18H25NO3/c20-12-6-4-10-18(17(21)19-11-5-7-13-22-19)14-16(18)15-8-2-1-3-9-15/h1-3,8-9,16,20H,4-7,10-14H2/t16-,18-/m1/s1. The van der Waals surface area contributed by atoms with Crippen LogP contribution in [0.2, 0.25) is 0 Å². The van der Waals surface area contributed by atoms with E-state index in [1.165, 1.54) is 5.56 Å². The van der Waals surface area contributed by atoms with Crippen LogP contribution in [0.4, 0.5) is 0 Å². The van der Waals surface area contributed by atoms with Crippen molar-refractivity contribution in [2.24, 2.45) is 5.41 Å². The largest absolute Gasteiger partial charge is 0.396 e. The van der Waals surface area contributed by atoms with Crippen LogP contribution in [0.25, 0.3) is 0 Å². The number of carbonyl (C=O) groups is 1. The van der Waals surface area contributed by atoms with Gasteiger partial charge in [0.05, 0.1) is 12.0 Å². The van der Waals surface area contributed by atoms with Crippen LogP contribution in [0.1, 0.15) is 50.0 Å². The van der Waals surface area contributed by atoms with Gasteiger partial charge < -0.3 is 5.11 Å². The topological polar surface area (TPSA) is 49.8 Å². The number of carbonyl (C=O) groups excluding carboxylic acids is 1. The first-order valence-electron chi connectivity index (χ1n) is 8.38. The van der Waals surface area contributed by atoms with Gasteiger partial charge in [-0.3, -0.25) is 9.63 Å². The molecule has 0 radical (unpaired) electrons. The molecule has 1 N–H and O–H groups in total. The van der Waals surface area contributed by atoms with E-state index in [4.69, 9.17) is 9.94 Å². The van der Waals surface area contributed by atoms with Crippen molar-refractivity contribution < 1.29 is 14.7 Å². The Hall–Kier alpha value is -1.39. The van der Waals surface area contributed by atoms with Crippen molar-refractivity contribution in [2.75, 3.05) is 19.8 Å². The van der Waals surface area contributed by atoms with E-state index in [1.54, 1.807) is 5.06 Å². The maximum atomic E-state index is 13.0. The van der Waals surface area contributed by atoms with Crippen molar-refractivity contribution in [3.05, 3.63) is 35.9 Å². The van der Waals surface area contributed by atoms with Crippen LogP contribution in [0.5, 0.6) is 0 Å². The highest BCUT2D eigenvalue weighted by Gasteiger charge is 2.61. The Morgan fingerprint density at radius 2 is 2.09 bits per heavy atom. The summed E-state index contributed by atoms with van der Waals surface area (Å²) in [4.78, 5) is 18.6. The summed E-state index contributed by atoms with van der Waals surface area (Å²) in [5, 5.41) is 10.6. The van der Waals surface area contributed by atoms with Gasteiger partial charge >= 0.3 is 0 Å². The zero-order valence-corrected chi connectivity index (χ0v) is 13.0. The molecule has 0 spiro atoms. The van der Waals surface area contributed by atoms with Crippen LogP contribution in [0.3, 0.4) is 0 Å². The average molecular weight is 303 g/mol. The molecule has 0 unspecified atom stereocenters. The van der Waals surface area contributed by atoms with Crippen molar-refractivity contribution in [1.29, 1.82) is 0 Å². The number of amides is 1. The van der Waals surface area contributed by atoms with Gasteiger partial charge in [0.25, 0.3) is 5.91 Å². The molecule has 1 aliphatic carbocycles. The number of nitrogens with zero attached hydrogens (tertiary/aromatic N) is 1. The lowest BCUT2D eigenvalue weighted by Crippen LogP contribution is -2.41. The molecule has 3 rings (SSSR count). The highest BCUT2D eigenvalue weighted by molar-refractivity contribution is 5.86. The fraction of sp³-hybridized carbons (Fsp3) is 0.611. The number of rotatable bonds is 6. The van der Waals surface area contributed by atoms with Crippen molar-refractivity contribution in [3.63, 3.8) is 0 Å². The molecule has 2 fully saturated rings. The van der Waals surface area contributed by atoms with Gasteiger partial charge in [0.1, 0.15) is 0 Å². The van der Waals surface area contributed by atoms with Crippen molar-refractivity contribution in [1.82, 2.24) is 5.06 Å². The van der Waals surface area contributed by atoms with Crippen molar-refractivity contribution >= 4 is 5.91 Å². The van der Waals surface area contributed by atoms with Gasteiger partial charge in [-0.15, -0.1) is 0 Å². The van der Waals surface area contributed by atoms with E-state index in [-0.39, 0.29) is 17.9 Å². The summed E-state index contributed by atoms with van der Waals surface area (Å²) in [7, 11) is 0. The van der Waals surface area contributed by atoms with Gasteiger partial charge in [-0.25, -0.2) is 5.06 Å². The van der Waals surface area contributed by atoms with E-state index < -0.39 is 0 Å². The summed E-state index contributed by atoms with van der Waals surface area (Å²) in [6, 6.07) is 10.3. The number of aliphatic hydroxyl groups excluding tert-OH is 1. The Kier molecular flexibility index (Phi) is 4.79. The van der Waals surface area contributed by atoms with E-state index in [1.807, 2.05) is 18.2 Å². The maximum absolute atomic E-state index is 13.0. The zero-order valence-electron chi connectivity index (χ0n) is 13.0. The Balaban J connectivity index is 1.74. The number of benzene rings is 1. The molecule has 1 aromatic rings. The number of unbranched alkanes of at least 4 members (excludes halogenated alkanes) is 1. The van der Waals surface area contributed by atoms with E-state index in [0.29, 0.717) is 19.1 Å². The molecular formula is C18H25NO3. The summed E-state index contributed by atoms with van der Waals surface area (Å²) in [5.41, 5.74) is 0.935. The third kappa shape index (κ3) is 3.03. The summed E-state index contributed by atoms with van der Waals surface area (Å²) in [5.74, 6) is 0.449. The molecule has 2 aliphatic rings. The molecular weight excluding hydrogens is 278 g/mol. The quantitative estimate of drug-likeness (QED) is 0.822. The first-order valence-corrected chi connectivity index (χ1v) is 8.38. The number of hydrogen-bond donors (Lipinski definition) is 1. The molecule has 1 heterocycles.